The van der Waals surface area contributed by atoms with Crippen LogP contribution in [0.15, 0.2) is 18.2 Å². The van der Waals surface area contributed by atoms with Gasteiger partial charge in [0.2, 0.25) is 0 Å². The number of anilines is 1. The Labute approximate surface area is 113 Å². The quantitative estimate of drug-likeness (QED) is 0.647. The smallest absolute Gasteiger partial charge is 0.325 e. The largest absolute Gasteiger partial charge is 0.465 e. The van der Waals surface area contributed by atoms with Crippen LogP contribution in [0.1, 0.15) is 29.8 Å². The van der Waals surface area contributed by atoms with Gasteiger partial charge >= 0.3 is 5.97 Å². The highest BCUT2D eigenvalue weighted by Gasteiger charge is 2.18. The fourth-order valence-corrected chi connectivity index (χ4v) is 1.81. The molecule has 0 fully saturated rings. The van der Waals surface area contributed by atoms with Gasteiger partial charge in [-0.25, -0.2) is 0 Å². The highest BCUT2D eigenvalue weighted by molar-refractivity contribution is 5.96. The van der Waals surface area contributed by atoms with Crippen molar-refractivity contribution in [1.29, 1.82) is 0 Å². The zero-order valence-electron chi connectivity index (χ0n) is 11.6. The molecule has 104 valence electrons. The summed E-state index contributed by atoms with van der Waals surface area (Å²) in [6.07, 6.45) is 0. The lowest BCUT2D eigenvalue weighted by molar-refractivity contribution is -0.143. The SMILES string of the molecule is CCOC(=O)CN(CC)C(=O)c1cc(C)cc(N)c1. The molecule has 0 saturated carbocycles. The first kappa shape index (κ1) is 15.0. The maximum atomic E-state index is 12.3. The van der Waals surface area contributed by atoms with E-state index in [1.54, 1.807) is 25.1 Å². The fraction of sp³-hybridized carbons (Fsp3) is 0.429. The van der Waals surface area contributed by atoms with E-state index in [-0.39, 0.29) is 12.5 Å². The predicted molar refractivity (Wildman–Crippen MR) is 73.8 cm³/mol. The number of carbonyl (C=O) groups excluding carboxylic acids is 2. The first-order chi connectivity index (χ1) is 8.97. The first-order valence-electron chi connectivity index (χ1n) is 6.30. The normalized spacial score (nSPS) is 10.1. The van der Waals surface area contributed by atoms with Gasteiger partial charge in [-0.3, -0.25) is 9.59 Å². The molecule has 0 heterocycles. The average Bonchev–Trinajstić information content (AvgIpc) is 2.34. The van der Waals surface area contributed by atoms with Crippen molar-refractivity contribution in [3.63, 3.8) is 0 Å². The molecular weight excluding hydrogens is 244 g/mol. The Morgan fingerprint density at radius 1 is 1.26 bits per heavy atom. The molecular formula is C14H20N2O3. The molecule has 0 saturated heterocycles. The van der Waals surface area contributed by atoms with Gasteiger partial charge in [0.15, 0.2) is 0 Å². The fourth-order valence-electron chi connectivity index (χ4n) is 1.81. The van der Waals surface area contributed by atoms with Gasteiger partial charge in [0.25, 0.3) is 5.91 Å². The van der Waals surface area contributed by atoms with E-state index in [0.29, 0.717) is 24.4 Å². The molecule has 2 N–H and O–H groups in total. The number of hydrogen-bond donors (Lipinski definition) is 1. The molecule has 0 spiro atoms. The van der Waals surface area contributed by atoms with Crippen molar-refractivity contribution < 1.29 is 14.3 Å². The van der Waals surface area contributed by atoms with Crippen LogP contribution in [0.4, 0.5) is 5.69 Å². The van der Waals surface area contributed by atoms with E-state index in [1.165, 1.54) is 4.90 Å². The number of nitrogen functional groups attached to an aromatic ring is 1. The van der Waals surface area contributed by atoms with Crippen LogP contribution >= 0.6 is 0 Å². The Morgan fingerprint density at radius 3 is 2.47 bits per heavy atom. The third kappa shape index (κ3) is 4.28. The number of aryl methyl sites for hydroxylation is 1. The third-order valence-corrected chi connectivity index (χ3v) is 2.64. The molecule has 19 heavy (non-hydrogen) atoms. The Hall–Kier alpha value is -2.04. The van der Waals surface area contributed by atoms with Crippen molar-refractivity contribution in [2.75, 3.05) is 25.4 Å². The second-order valence-corrected chi connectivity index (χ2v) is 4.26. The lowest BCUT2D eigenvalue weighted by Crippen LogP contribution is -2.36. The molecule has 0 bridgehead atoms. The predicted octanol–water partition coefficient (Wildman–Crippen LogP) is 1.60. The van der Waals surface area contributed by atoms with Gasteiger partial charge in [-0.15, -0.1) is 0 Å². The van der Waals surface area contributed by atoms with Crippen molar-refractivity contribution in [3.05, 3.63) is 29.3 Å². The van der Waals surface area contributed by atoms with E-state index in [4.69, 9.17) is 10.5 Å². The van der Waals surface area contributed by atoms with Crippen LogP contribution in [0.2, 0.25) is 0 Å². The van der Waals surface area contributed by atoms with Crippen LogP contribution in [0.5, 0.6) is 0 Å². The molecule has 1 amide bonds. The third-order valence-electron chi connectivity index (χ3n) is 2.64. The van der Waals surface area contributed by atoms with Gasteiger partial charge in [0.05, 0.1) is 6.61 Å². The Bertz CT molecular complexity index is 452. The van der Waals surface area contributed by atoms with E-state index < -0.39 is 5.97 Å². The second-order valence-electron chi connectivity index (χ2n) is 4.26. The van der Waals surface area contributed by atoms with E-state index in [1.807, 2.05) is 13.8 Å². The molecule has 1 aromatic carbocycles. The zero-order chi connectivity index (χ0) is 14.4. The highest BCUT2D eigenvalue weighted by Crippen LogP contribution is 2.13. The lowest BCUT2D eigenvalue weighted by atomic mass is 10.1. The van der Waals surface area contributed by atoms with E-state index in [0.717, 1.165) is 5.56 Å². The highest BCUT2D eigenvalue weighted by atomic mass is 16.5. The van der Waals surface area contributed by atoms with Gasteiger partial charge < -0.3 is 15.4 Å². The van der Waals surface area contributed by atoms with E-state index >= 15 is 0 Å². The van der Waals surface area contributed by atoms with Crippen LogP contribution in [-0.4, -0.2) is 36.5 Å². The number of hydrogen-bond acceptors (Lipinski definition) is 4. The summed E-state index contributed by atoms with van der Waals surface area (Å²) in [5.41, 5.74) is 7.66. The Morgan fingerprint density at radius 2 is 1.95 bits per heavy atom. The number of amides is 1. The summed E-state index contributed by atoms with van der Waals surface area (Å²) in [4.78, 5) is 25.2. The summed E-state index contributed by atoms with van der Waals surface area (Å²) in [7, 11) is 0. The van der Waals surface area contributed by atoms with Crippen molar-refractivity contribution in [2.45, 2.75) is 20.8 Å². The van der Waals surface area contributed by atoms with E-state index in [2.05, 4.69) is 0 Å². The van der Waals surface area contributed by atoms with Crippen LogP contribution in [-0.2, 0) is 9.53 Å². The molecule has 0 aromatic heterocycles. The number of rotatable bonds is 5. The number of nitrogens with zero attached hydrogens (tertiary/aromatic N) is 1. The molecule has 0 atom stereocenters. The average molecular weight is 264 g/mol. The Balaban J connectivity index is 2.86. The molecule has 0 radical (unpaired) electrons. The lowest BCUT2D eigenvalue weighted by Gasteiger charge is -2.20. The number of benzene rings is 1. The summed E-state index contributed by atoms with van der Waals surface area (Å²) in [5.74, 6) is -0.621. The summed E-state index contributed by atoms with van der Waals surface area (Å²) in [6, 6.07) is 5.16. The molecule has 0 aliphatic carbocycles. The molecule has 1 rings (SSSR count). The van der Waals surface area contributed by atoms with Crippen molar-refractivity contribution in [1.82, 2.24) is 4.90 Å². The number of esters is 1. The van der Waals surface area contributed by atoms with Crippen molar-refractivity contribution >= 4 is 17.6 Å². The summed E-state index contributed by atoms with van der Waals surface area (Å²) in [6.45, 7) is 6.12. The van der Waals surface area contributed by atoms with E-state index in [9.17, 15) is 9.59 Å². The molecule has 0 aliphatic heterocycles. The van der Waals surface area contributed by atoms with Gasteiger partial charge in [-0.2, -0.15) is 0 Å². The minimum absolute atomic E-state index is 0.0446. The van der Waals surface area contributed by atoms with Crippen LogP contribution in [0.3, 0.4) is 0 Å². The van der Waals surface area contributed by atoms with Gasteiger partial charge in [-0.1, -0.05) is 0 Å². The number of nitrogens with two attached hydrogens (primary N) is 1. The van der Waals surface area contributed by atoms with Crippen molar-refractivity contribution in [2.24, 2.45) is 0 Å². The zero-order valence-corrected chi connectivity index (χ0v) is 11.6. The topological polar surface area (TPSA) is 72.6 Å². The molecule has 0 unspecified atom stereocenters. The molecule has 5 heteroatoms. The maximum Gasteiger partial charge on any atom is 0.325 e. The summed E-state index contributed by atoms with van der Waals surface area (Å²) >= 11 is 0. The monoisotopic (exact) mass is 264 g/mol. The number of carbonyl (C=O) groups is 2. The van der Waals surface area contributed by atoms with Gasteiger partial charge in [0.1, 0.15) is 6.54 Å². The summed E-state index contributed by atoms with van der Waals surface area (Å²) < 4.78 is 4.85. The van der Waals surface area contributed by atoms with Gasteiger partial charge in [0, 0.05) is 17.8 Å². The Kier molecular flexibility index (Phi) is 5.36. The van der Waals surface area contributed by atoms with Crippen LogP contribution < -0.4 is 5.73 Å². The van der Waals surface area contributed by atoms with Crippen LogP contribution in [0.25, 0.3) is 0 Å². The number of ether oxygens (including phenoxy) is 1. The van der Waals surface area contributed by atoms with Gasteiger partial charge in [-0.05, 0) is 44.5 Å². The molecule has 0 aliphatic rings. The summed E-state index contributed by atoms with van der Waals surface area (Å²) in [5, 5.41) is 0. The standard InChI is InChI=1S/C14H20N2O3/c1-4-16(9-13(17)19-5-2)14(18)11-6-10(3)7-12(15)8-11/h6-8H,4-5,9,15H2,1-3H3. The van der Waals surface area contributed by atoms with Crippen molar-refractivity contribution in [3.8, 4) is 0 Å². The maximum absolute atomic E-state index is 12.3. The minimum atomic E-state index is -0.404. The molecule has 1 aromatic rings. The van der Waals surface area contributed by atoms with Crippen LogP contribution in [0, 0.1) is 6.92 Å². The first-order valence-corrected chi connectivity index (χ1v) is 6.30. The molecule has 5 nitrogen and oxygen atoms in total. The number of likely N-dealkylation sites (N-methyl/N-ethyl adjacent to an activating group) is 1. The minimum Gasteiger partial charge on any atom is -0.465 e. The second kappa shape index (κ2) is 6.78.